The Morgan fingerprint density at radius 2 is 1.11 bits per heavy atom. The van der Waals surface area contributed by atoms with E-state index in [1.165, 1.54) is 47.1 Å². The van der Waals surface area contributed by atoms with Gasteiger partial charge in [0.05, 0.1) is 33.5 Å². The van der Waals surface area contributed by atoms with Crippen molar-refractivity contribution in [3.63, 3.8) is 0 Å². The largest absolute Gasteiger partial charge is 0.278 e. The second-order valence-electron chi connectivity index (χ2n) is 13.8. The van der Waals surface area contributed by atoms with Crippen molar-refractivity contribution < 1.29 is 0 Å². The maximum absolute atomic E-state index is 5.48. The monoisotopic (exact) mass is 705 g/mol. The fourth-order valence-electron chi connectivity index (χ4n) is 8.53. The minimum absolute atomic E-state index is 0.624. The Bertz CT molecular complexity index is 3510. The van der Waals surface area contributed by atoms with Crippen LogP contribution in [0.25, 0.3) is 114 Å². The van der Waals surface area contributed by atoms with Crippen LogP contribution >= 0.6 is 11.3 Å². The molecule has 5 aromatic heterocycles. The van der Waals surface area contributed by atoms with E-state index in [0.717, 1.165) is 60.7 Å². The fourth-order valence-corrected chi connectivity index (χ4v) is 9.78. The molecule has 54 heavy (non-hydrogen) atoms. The van der Waals surface area contributed by atoms with Gasteiger partial charge in [-0.2, -0.15) is 0 Å². The van der Waals surface area contributed by atoms with Gasteiger partial charge in [-0.25, -0.2) is 15.0 Å². The lowest BCUT2D eigenvalue weighted by Gasteiger charge is -2.15. The average molecular weight is 706 g/mol. The van der Waals surface area contributed by atoms with Gasteiger partial charge in [0.25, 0.3) is 0 Å². The summed E-state index contributed by atoms with van der Waals surface area (Å²) in [6.07, 6.45) is 3.80. The third-order valence-corrected chi connectivity index (χ3v) is 12.1. The number of rotatable bonds is 3. The van der Waals surface area contributed by atoms with Gasteiger partial charge in [-0.1, -0.05) is 115 Å². The normalized spacial score (nSPS) is 12.1. The van der Waals surface area contributed by atoms with Crippen molar-refractivity contribution in [2.45, 2.75) is 0 Å². The third-order valence-electron chi connectivity index (χ3n) is 10.9. The van der Waals surface area contributed by atoms with Gasteiger partial charge in [0.2, 0.25) is 5.95 Å². The van der Waals surface area contributed by atoms with E-state index in [1.807, 2.05) is 41.9 Å². The molecule has 0 atom stereocenters. The first-order valence-corrected chi connectivity index (χ1v) is 18.9. The Hall–Kier alpha value is -7.02. The molecule has 0 aliphatic heterocycles. The zero-order valence-corrected chi connectivity index (χ0v) is 29.5. The summed E-state index contributed by atoms with van der Waals surface area (Å²) in [5.41, 5.74) is 7.87. The zero-order chi connectivity index (χ0) is 35.3. The van der Waals surface area contributed by atoms with E-state index in [1.54, 1.807) is 0 Å². The van der Waals surface area contributed by atoms with Gasteiger partial charge in [0, 0.05) is 81.4 Å². The van der Waals surface area contributed by atoms with Crippen LogP contribution in [-0.4, -0.2) is 24.5 Å². The summed E-state index contributed by atoms with van der Waals surface area (Å²) in [5.74, 6) is 0.624. The standard InChI is InChI=1S/C48H27N5S/c1-2-12-28(13-3-1)45-33-17-7-10-20-38(33)51-48(52-45)53-39-23-22-29(26-35(39)36-27-49-25-24-40(36)53)46-43-30-14-4-5-15-31(30)47-44(34-18-8-11-21-41(34)54-47)42(43)32-16-6-9-19-37(32)50-46/h1-27H. The number of aromatic nitrogens is 5. The Balaban J connectivity index is 1.19. The molecule has 5 heterocycles. The summed E-state index contributed by atoms with van der Waals surface area (Å²) < 4.78 is 4.79. The van der Waals surface area contributed by atoms with Crippen molar-refractivity contribution in [1.82, 2.24) is 24.5 Å². The molecule has 0 amide bonds. The number of nitrogens with zero attached hydrogens (tertiary/aromatic N) is 5. The van der Waals surface area contributed by atoms with Gasteiger partial charge in [-0.05, 0) is 41.8 Å². The number of hydrogen-bond acceptors (Lipinski definition) is 5. The smallest absolute Gasteiger partial charge is 0.235 e. The highest BCUT2D eigenvalue weighted by Gasteiger charge is 2.22. The summed E-state index contributed by atoms with van der Waals surface area (Å²) >= 11 is 1.88. The van der Waals surface area contributed by atoms with Crippen LogP contribution in [-0.2, 0) is 0 Å². The third kappa shape index (κ3) is 4.14. The van der Waals surface area contributed by atoms with Crippen molar-refractivity contribution in [1.29, 1.82) is 0 Å². The first-order chi connectivity index (χ1) is 26.8. The van der Waals surface area contributed by atoms with Gasteiger partial charge in [-0.15, -0.1) is 11.3 Å². The molecule has 0 radical (unpaired) electrons. The van der Waals surface area contributed by atoms with E-state index in [0.29, 0.717) is 5.95 Å². The quantitative estimate of drug-likeness (QED) is 0.172. The molecule has 0 aliphatic carbocycles. The molecule has 12 aromatic rings. The molecule has 0 N–H and O–H groups in total. The maximum atomic E-state index is 5.48. The predicted molar refractivity (Wildman–Crippen MR) is 226 cm³/mol. The average Bonchev–Trinajstić information content (AvgIpc) is 3.79. The van der Waals surface area contributed by atoms with Crippen LogP contribution in [0.5, 0.6) is 0 Å². The van der Waals surface area contributed by atoms with Crippen LogP contribution in [0.2, 0.25) is 0 Å². The van der Waals surface area contributed by atoms with Crippen LogP contribution in [0, 0.1) is 0 Å². The summed E-state index contributed by atoms with van der Waals surface area (Å²) in [4.78, 5) is 20.5. The topological polar surface area (TPSA) is 56.5 Å². The maximum Gasteiger partial charge on any atom is 0.235 e. The molecule has 0 fully saturated rings. The van der Waals surface area contributed by atoms with Crippen molar-refractivity contribution in [3.05, 3.63) is 164 Å². The number of hydrogen-bond donors (Lipinski definition) is 0. The van der Waals surface area contributed by atoms with Gasteiger partial charge in [-0.3, -0.25) is 9.55 Å². The number of fused-ring (bicyclic) bond motifs is 14. The Morgan fingerprint density at radius 3 is 1.96 bits per heavy atom. The molecular formula is C48H27N5S. The molecule has 0 spiro atoms. The molecule has 0 aliphatic rings. The van der Waals surface area contributed by atoms with Crippen LogP contribution in [0.4, 0.5) is 0 Å². The number of benzene rings is 7. The highest BCUT2D eigenvalue weighted by atomic mass is 32.1. The van der Waals surface area contributed by atoms with Gasteiger partial charge in [0.1, 0.15) is 0 Å². The second-order valence-corrected chi connectivity index (χ2v) is 14.8. The van der Waals surface area contributed by atoms with E-state index >= 15 is 0 Å². The molecular weight excluding hydrogens is 679 g/mol. The molecule has 12 rings (SSSR count). The molecule has 7 aromatic carbocycles. The molecule has 0 unspecified atom stereocenters. The van der Waals surface area contributed by atoms with Gasteiger partial charge < -0.3 is 0 Å². The summed E-state index contributed by atoms with van der Waals surface area (Å²) in [5, 5.41) is 11.8. The van der Waals surface area contributed by atoms with Crippen molar-refractivity contribution >= 4 is 96.7 Å². The first-order valence-electron chi connectivity index (χ1n) is 18.1. The second kappa shape index (κ2) is 11.2. The lowest BCUT2D eigenvalue weighted by molar-refractivity contribution is 1.01. The van der Waals surface area contributed by atoms with E-state index in [-0.39, 0.29) is 0 Å². The Morgan fingerprint density at radius 1 is 0.426 bits per heavy atom. The number of thiophene rings is 1. The Kier molecular flexibility index (Phi) is 6.15. The van der Waals surface area contributed by atoms with Crippen molar-refractivity contribution in [3.8, 4) is 28.5 Å². The molecule has 0 saturated heterocycles. The minimum atomic E-state index is 0.624. The SMILES string of the molecule is c1ccc(-c2nc(-n3c4ccncc4c4cc(-c5nc6ccccc6c6c5c5ccccc5c5sc7ccccc7c56)ccc43)nc3ccccc23)cc1. The highest BCUT2D eigenvalue weighted by Crippen LogP contribution is 2.48. The van der Waals surface area contributed by atoms with Crippen LogP contribution in [0.1, 0.15) is 0 Å². The van der Waals surface area contributed by atoms with Crippen molar-refractivity contribution in [2.75, 3.05) is 0 Å². The van der Waals surface area contributed by atoms with E-state index in [2.05, 4.69) is 143 Å². The van der Waals surface area contributed by atoms with Crippen LogP contribution < -0.4 is 0 Å². The van der Waals surface area contributed by atoms with Crippen molar-refractivity contribution in [2.24, 2.45) is 0 Å². The molecule has 250 valence electrons. The van der Waals surface area contributed by atoms with E-state index < -0.39 is 0 Å². The molecule has 0 bridgehead atoms. The highest BCUT2D eigenvalue weighted by molar-refractivity contribution is 7.27. The van der Waals surface area contributed by atoms with Gasteiger partial charge >= 0.3 is 0 Å². The summed E-state index contributed by atoms with van der Waals surface area (Å²) in [6.45, 7) is 0. The minimum Gasteiger partial charge on any atom is -0.278 e. The lowest BCUT2D eigenvalue weighted by Crippen LogP contribution is -2.03. The zero-order valence-electron chi connectivity index (χ0n) is 28.7. The molecule has 5 nitrogen and oxygen atoms in total. The predicted octanol–water partition coefficient (Wildman–Crippen LogP) is 12.7. The fraction of sp³-hybridized carbons (Fsp3) is 0. The van der Waals surface area contributed by atoms with E-state index in [4.69, 9.17) is 15.0 Å². The lowest BCUT2D eigenvalue weighted by atomic mass is 9.91. The van der Waals surface area contributed by atoms with E-state index in [9.17, 15) is 0 Å². The first kappa shape index (κ1) is 29.5. The molecule has 0 saturated carbocycles. The van der Waals surface area contributed by atoms with Crippen LogP contribution in [0.3, 0.4) is 0 Å². The molecule has 6 heteroatoms. The number of para-hydroxylation sites is 2. The van der Waals surface area contributed by atoms with Crippen LogP contribution in [0.15, 0.2) is 164 Å². The number of pyridine rings is 2. The summed E-state index contributed by atoms with van der Waals surface area (Å²) in [6, 6.07) is 53.6. The summed E-state index contributed by atoms with van der Waals surface area (Å²) in [7, 11) is 0. The van der Waals surface area contributed by atoms with Gasteiger partial charge in [0.15, 0.2) is 0 Å². The Labute approximate surface area is 312 Å².